The van der Waals surface area contributed by atoms with Crippen molar-refractivity contribution in [1.29, 1.82) is 0 Å². The molecule has 3 rings (SSSR count). The van der Waals surface area contributed by atoms with Crippen LogP contribution in [0.1, 0.15) is 30.1 Å². The summed E-state index contributed by atoms with van der Waals surface area (Å²) in [5.41, 5.74) is 7.94. The number of imidazole rings is 1. The number of hydrogen-bond donors (Lipinski definition) is 1. The van der Waals surface area contributed by atoms with Crippen LogP contribution in [0.3, 0.4) is 0 Å². The monoisotopic (exact) mass is 231 g/mol. The fraction of sp³-hybridized carbons (Fsp3) is 0.462. The summed E-state index contributed by atoms with van der Waals surface area (Å²) in [7, 11) is 0. The molecule has 1 aliphatic rings. The van der Waals surface area contributed by atoms with Gasteiger partial charge in [0.2, 0.25) is 0 Å². The number of rotatable bonds is 2. The number of fused-ring (bicyclic) bond motifs is 1. The van der Waals surface area contributed by atoms with Crippen LogP contribution < -0.4 is 5.73 Å². The van der Waals surface area contributed by atoms with Crippen molar-refractivity contribution in [3.8, 4) is 0 Å². The molecule has 0 aliphatic carbocycles. The second kappa shape index (κ2) is 4.47. The summed E-state index contributed by atoms with van der Waals surface area (Å²) < 4.78 is 7.69. The lowest BCUT2D eigenvalue weighted by Crippen LogP contribution is -2.18. The van der Waals surface area contributed by atoms with E-state index in [1.54, 1.807) is 0 Å². The summed E-state index contributed by atoms with van der Waals surface area (Å²) in [5, 5.41) is 0. The van der Waals surface area contributed by atoms with E-state index < -0.39 is 0 Å². The number of aromatic nitrogens is 2. The zero-order valence-electron chi connectivity index (χ0n) is 9.80. The first-order valence-corrected chi connectivity index (χ1v) is 6.12. The van der Waals surface area contributed by atoms with Gasteiger partial charge in [-0.2, -0.15) is 0 Å². The number of hydrogen-bond acceptors (Lipinski definition) is 3. The van der Waals surface area contributed by atoms with Crippen LogP contribution >= 0.6 is 0 Å². The summed E-state index contributed by atoms with van der Waals surface area (Å²) in [5.74, 6) is 1.52. The molecule has 4 nitrogen and oxygen atoms in total. The van der Waals surface area contributed by atoms with Gasteiger partial charge >= 0.3 is 0 Å². The van der Waals surface area contributed by atoms with Gasteiger partial charge in [0, 0.05) is 25.3 Å². The van der Waals surface area contributed by atoms with E-state index in [0.717, 1.165) is 43.0 Å². The SMILES string of the molecule is NCc1ccc2cnc(C3CCCOC3)n2c1. The molecule has 1 saturated heterocycles. The van der Waals surface area contributed by atoms with E-state index in [9.17, 15) is 0 Å². The minimum atomic E-state index is 0.416. The van der Waals surface area contributed by atoms with Crippen LogP contribution in [0.2, 0.25) is 0 Å². The van der Waals surface area contributed by atoms with Crippen molar-refractivity contribution in [2.75, 3.05) is 13.2 Å². The first kappa shape index (κ1) is 10.7. The molecule has 2 aromatic heterocycles. The first-order valence-electron chi connectivity index (χ1n) is 6.12. The van der Waals surface area contributed by atoms with E-state index in [-0.39, 0.29) is 0 Å². The van der Waals surface area contributed by atoms with Gasteiger partial charge in [-0.1, -0.05) is 6.07 Å². The Morgan fingerprint density at radius 2 is 2.41 bits per heavy atom. The largest absolute Gasteiger partial charge is 0.381 e. The predicted octanol–water partition coefficient (Wildman–Crippen LogP) is 1.69. The van der Waals surface area contributed by atoms with Gasteiger partial charge in [-0.25, -0.2) is 4.98 Å². The van der Waals surface area contributed by atoms with Gasteiger partial charge < -0.3 is 14.9 Å². The summed E-state index contributed by atoms with van der Waals surface area (Å²) >= 11 is 0. The zero-order valence-corrected chi connectivity index (χ0v) is 9.80. The fourth-order valence-electron chi connectivity index (χ4n) is 2.42. The van der Waals surface area contributed by atoms with Crippen LogP contribution in [0.5, 0.6) is 0 Å². The van der Waals surface area contributed by atoms with Gasteiger partial charge in [-0.15, -0.1) is 0 Å². The summed E-state index contributed by atoms with van der Waals surface area (Å²) in [6.45, 7) is 2.23. The molecule has 0 bridgehead atoms. The lowest BCUT2D eigenvalue weighted by molar-refractivity contribution is 0.0779. The average Bonchev–Trinajstić information content (AvgIpc) is 2.82. The Morgan fingerprint density at radius 1 is 1.47 bits per heavy atom. The van der Waals surface area contributed by atoms with Gasteiger partial charge in [0.05, 0.1) is 18.3 Å². The molecule has 4 heteroatoms. The molecule has 0 saturated carbocycles. The van der Waals surface area contributed by atoms with Gasteiger partial charge in [-0.3, -0.25) is 0 Å². The lowest BCUT2D eigenvalue weighted by atomic mass is 10.0. The standard InChI is InChI=1S/C13H17N3O/c14-6-10-3-4-12-7-15-13(16(12)8-10)11-2-1-5-17-9-11/h3-4,7-8,11H,1-2,5-6,9,14H2. The molecule has 0 spiro atoms. The van der Waals surface area contributed by atoms with E-state index in [1.807, 2.05) is 6.20 Å². The normalized spacial score (nSPS) is 20.9. The van der Waals surface area contributed by atoms with Crippen molar-refractivity contribution in [2.45, 2.75) is 25.3 Å². The van der Waals surface area contributed by atoms with Crippen molar-refractivity contribution >= 4 is 5.52 Å². The highest BCUT2D eigenvalue weighted by atomic mass is 16.5. The molecule has 1 fully saturated rings. The van der Waals surface area contributed by atoms with Crippen molar-refractivity contribution in [3.63, 3.8) is 0 Å². The van der Waals surface area contributed by atoms with Crippen LogP contribution in [-0.2, 0) is 11.3 Å². The molecule has 17 heavy (non-hydrogen) atoms. The van der Waals surface area contributed by atoms with E-state index >= 15 is 0 Å². The highest BCUT2D eigenvalue weighted by Gasteiger charge is 2.20. The first-order chi connectivity index (χ1) is 8.38. The molecule has 90 valence electrons. The van der Waals surface area contributed by atoms with E-state index in [4.69, 9.17) is 10.5 Å². The van der Waals surface area contributed by atoms with Crippen LogP contribution in [0.15, 0.2) is 24.5 Å². The maximum Gasteiger partial charge on any atom is 0.118 e. The molecular weight excluding hydrogens is 214 g/mol. The summed E-state index contributed by atoms with van der Waals surface area (Å²) in [6.07, 6.45) is 6.29. The summed E-state index contributed by atoms with van der Waals surface area (Å²) in [4.78, 5) is 4.54. The molecule has 0 radical (unpaired) electrons. The van der Waals surface area contributed by atoms with Crippen LogP contribution in [0.4, 0.5) is 0 Å². The predicted molar refractivity (Wildman–Crippen MR) is 65.9 cm³/mol. The Labute approximate surface area is 100 Å². The van der Waals surface area contributed by atoms with Gasteiger partial charge in [-0.05, 0) is 24.5 Å². The van der Waals surface area contributed by atoms with Gasteiger partial charge in [0.15, 0.2) is 0 Å². The second-order valence-electron chi connectivity index (χ2n) is 4.57. The number of nitrogens with zero attached hydrogens (tertiary/aromatic N) is 2. The second-order valence-corrected chi connectivity index (χ2v) is 4.57. The van der Waals surface area contributed by atoms with Crippen LogP contribution in [-0.4, -0.2) is 22.6 Å². The summed E-state index contributed by atoms with van der Waals surface area (Å²) in [6, 6.07) is 4.13. The van der Waals surface area contributed by atoms with E-state index in [2.05, 4.69) is 27.7 Å². The molecular formula is C13H17N3O. The highest BCUT2D eigenvalue weighted by Crippen LogP contribution is 2.25. The van der Waals surface area contributed by atoms with E-state index in [0.29, 0.717) is 12.5 Å². The van der Waals surface area contributed by atoms with Crippen molar-refractivity contribution < 1.29 is 4.74 Å². The Bertz CT molecular complexity index is 514. The number of nitrogens with two attached hydrogens (primary N) is 1. The number of pyridine rings is 1. The topological polar surface area (TPSA) is 52.5 Å². The van der Waals surface area contributed by atoms with Crippen LogP contribution in [0, 0.1) is 0 Å². The molecule has 2 aromatic rings. The Morgan fingerprint density at radius 3 is 3.18 bits per heavy atom. The third kappa shape index (κ3) is 1.94. The molecule has 3 heterocycles. The Balaban J connectivity index is 2.02. The molecule has 0 aromatic carbocycles. The average molecular weight is 231 g/mol. The highest BCUT2D eigenvalue weighted by molar-refractivity contribution is 5.47. The Kier molecular flexibility index (Phi) is 2.82. The third-order valence-electron chi connectivity index (χ3n) is 3.38. The minimum Gasteiger partial charge on any atom is -0.381 e. The molecule has 1 unspecified atom stereocenters. The van der Waals surface area contributed by atoms with E-state index in [1.165, 1.54) is 0 Å². The molecule has 1 aliphatic heterocycles. The molecule has 2 N–H and O–H groups in total. The quantitative estimate of drug-likeness (QED) is 0.855. The zero-order chi connectivity index (χ0) is 11.7. The van der Waals surface area contributed by atoms with Gasteiger partial charge in [0.25, 0.3) is 0 Å². The third-order valence-corrected chi connectivity index (χ3v) is 3.38. The smallest absolute Gasteiger partial charge is 0.118 e. The minimum absolute atomic E-state index is 0.416. The maximum absolute atomic E-state index is 5.68. The van der Waals surface area contributed by atoms with Crippen LogP contribution in [0.25, 0.3) is 5.52 Å². The Hall–Kier alpha value is -1.39. The van der Waals surface area contributed by atoms with Crippen molar-refractivity contribution in [2.24, 2.45) is 5.73 Å². The van der Waals surface area contributed by atoms with Crippen molar-refractivity contribution in [3.05, 3.63) is 35.9 Å². The maximum atomic E-state index is 5.68. The number of ether oxygens (including phenoxy) is 1. The van der Waals surface area contributed by atoms with Gasteiger partial charge in [0.1, 0.15) is 5.82 Å². The molecule has 1 atom stereocenters. The van der Waals surface area contributed by atoms with Crippen molar-refractivity contribution in [1.82, 2.24) is 9.38 Å². The fourth-order valence-corrected chi connectivity index (χ4v) is 2.42. The molecule has 0 amide bonds. The lowest BCUT2D eigenvalue weighted by Gasteiger charge is -2.21.